The number of fused-ring (bicyclic) bond motifs is 1. The van der Waals surface area contributed by atoms with E-state index in [1.807, 2.05) is 24.3 Å². The molecule has 0 amide bonds. The van der Waals surface area contributed by atoms with E-state index in [4.69, 9.17) is 16.3 Å². The van der Waals surface area contributed by atoms with Crippen LogP contribution in [0.15, 0.2) is 24.3 Å². The van der Waals surface area contributed by atoms with Crippen molar-refractivity contribution in [1.82, 2.24) is 0 Å². The second kappa shape index (κ2) is 2.26. The van der Waals surface area contributed by atoms with Crippen molar-refractivity contribution in [2.75, 3.05) is 0 Å². The number of alkyl halides is 1. The maximum absolute atomic E-state index is 5.82. The fraction of sp³-hybridized carbons (Fsp3) is 0.250. The summed E-state index contributed by atoms with van der Waals surface area (Å²) in [5.74, 6) is 0. The number of halogens is 1. The number of ether oxygens (including phenoxy) is 1. The first-order valence-electron chi connectivity index (χ1n) is 3.21. The summed E-state index contributed by atoms with van der Waals surface area (Å²) in [5.41, 5.74) is 2.10. The third-order valence-electron chi connectivity index (χ3n) is 1.68. The Hall–Kier alpha value is -0.530. The molecule has 0 spiro atoms. The van der Waals surface area contributed by atoms with Crippen molar-refractivity contribution in [3.63, 3.8) is 0 Å². The highest BCUT2D eigenvalue weighted by Crippen LogP contribution is 2.32. The van der Waals surface area contributed by atoms with E-state index in [-0.39, 0.29) is 5.56 Å². The van der Waals surface area contributed by atoms with Gasteiger partial charge in [0.25, 0.3) is 0 Å². The third-order valence-corrected chi connectivity index (χ3v) is 2.05. The molecule has 0 aliphatic carbocycles. The minimum Gasteiger partial charge on any atom is -0.354 e. The highest BCUT2D eigenvalue weighted by atomic mass is 35.5. The van der Waals surface area contributed by atoms with Gasteiger partial charge < -0.3 is 4.74 Å². The molecule has 1 aliphatic heterocycles. The van der Waals surface area contributed by atoms with Crippen LogP contribution in [0, 0.1) is 0 Å². The fourth-order valence-electron chi connectivity index (χ4n) is 1.14. The molecule has 2 rings (SSSR count). The molecule has 1 aromatic rings. The molecule has 1 aromatic carbocycles. The maximum atomic E-state index is 5.82. The summed E-state index contributed by atoms with van der Waals surface area (Å²) in [6.07, 6.45) is 0. The van der Waals surface area contributed by atoms with Gasteiger partial charge in [0.2, 0.25) is 0 Å². The predicted molar refractivity (Wildman–Crippen MR) is 39.8 cm³/mol. The van der Waals surface area contributed by atoms with E-state index in [2.05, 4.69) is 0 Å². The average Bonchev–Trinajstić information content (AvgIpc) is 2.34. The Bertz CT molecular complexity index is 247. The summed E-state index contributed by atoms with van der Waals surface area (Å²) in [7, 11) is 0. The Morgan fingerprint density at radius 3 is 3.00 bits per heavy atom. The number of rotatable bonds is 0. The van der Waals surface area contributed by atoms with Crippen LogP contribution in [-0.4, -0.2) is 0 Å². The van der Waals surface area contributed by atoms with Crippen LogP contribution in [0.1, 0.15) is 16.7 Å². The lowest BCUT2D eigenvalue weighted by Gasteiger charge is -1.97. The van der Waals surface area contributed by atoms with E-state index in [0.717, 1.165) is 5.56 Å². The zero-order chi connectivity index (χ0) is 6.97. The van der Waals surface area contributed by atoms with Crippen LogP contribution in [0.4, 0.5) is 0 Å². The zero-order valence-corrected chi connectivity index (χ0v) is 6.14. The molecule has 0 aromatic heterocycles. The monoisotopic (exact) mass is 154 g/mol. The quantitative estimate of drug-likeness (QED) is 0.522. The third kappa shape index (κ3) is 0.825. The van der Waals surface area contributed by atoms with Crippen LogP contribution >= 0.6 is 11.6 Å². The van der Waals surface area contributed by atoms with Gasteiger partial charge in [-0.3, -0.25) is 0 Å². The molecule has 1 nitrogen and oxygen atoms in total. The first kappa shape index (κ1) is 6.20. The van der Waals surface area contributed by atoms with Gasteiger partial charge in [0.05, 0.1) is 6.61 Å². The van der Waals surface area contributed by atoms with Crippen molar-refractivity contribution in [2.24, 2.45) is 0 Å². The minimum atomic E-state index is -0.226. The van der Waals surface area contributed by atoms with Gasteiger partial charge >= 0.3 is 0 Å². The molecule has 1 aliphatic rings. The lowest BCUT2D eigenvalue weighted by atomic mass is 10.1. The molecule has 0 N–H and O–H groups in total. The van der Waals surface area contributed by atoms with Crippen molar-refractivity contribution in [2.45, 2.75) is 12.2 Å². The molecular formula is C8H7ClO. The Morgan fingerprint density at radius 2 is 2.20 bits per heavy atom. The first-order chi connectivity index (χ1) is 4.88. The summed E-state index contributed by atoms with van der Waals surface area (Å²) in [6, 6.07) is 8.01. The van der Waals surface area contributed by atoms with E-state index < -0.39 is 0 Å². The largest absolute Gasteiger partial charge is 0.354 e. The van der Waals surface area contributed by atoms with Crippen LogP contribution < -0.4 is 0 Å². The van der Waals surface area contributed by atoms with Gasteiger partial charge in [-0.25, -0.2) is 0 Å². The maximum Gasteiger partial charge on any atom is 0.157 e. The summed E-state index contributed by atoms with van der Waals surface area (Å²) in [5, 5.41) is 0. The Balaban J connectivity index is 2.51. The van der Waals surface area contributed by atoms with Gasteiger partial charge in [-0.1, -0.05) is 35.9 Å². The average molecular weight is 155 g/mol. The van der Waals surface area contributed by atoms with E-state index >= 15 is 0 Å². The van der Waals surface area contributed by atoms with E-state index in [1.54, 1.807) is 0 Å². The summed E-state index contributed by atoms with van der Waals surface area (Å²) >= 11 is 5.82. The van der Waals surface area contributed by atoms with Crippen molar-refractivity contribution in [3.05, 3.63) is 35.4 Å². The van der Waals surface area contributed by atoms with Crippen LogP contribution in [0.3, 0.4) is 0 Å². The van der Waals surface area contributed by atoms with Gasteiger partial charge in [-0.2, -0.15) is 0 Å². The fourth-order valence-corrected chi connectivity index (χ4v) is 1.42. The lowest BCUT2D eigenvalue weighted by molar-refractivity contribution is 0.122. The minimum absolute atomic E-state index is 0.226. The smallest absolute Gasteiger partial charge is 0.157 e. The van der Waals surface area contributed by atoms with Gasteiger partial charge in [-0.05, 0) is 5.56 Å². The van der Waals surface area contributed by atoms with Crippen LogP contribution in [0.25, 0.3) is 0 Å². The van der Waals surface area contributed by atoms with Crippen molar-refractivity contribution >= 4 is 11.6 Å². The second-order valence-corrected chi connectivity index (χ2v) is 2.72. The summed E-state index contributed by atoms with van der Waals surface area (Å²) < 4.78 is 5.19. The lowest BCUT2D eigenvalue weighted by Crippen LogP contribution is -1.82. The number of benzene rings is 1. The second-order valence-electron chi connectivity index (χ2n) is 2.33. The Kier molecular flexibility index (Phi) is 1.40. The van der Waals surface area contributed by atoms with Crippen molar-refractivity contribution in [3.8, 4) is 0 Å². The molecule has 10 heavy (non-hydrogen) atoms. The molecule has 2 heteroatoms. The van der Waals surface area contributed by atoms with E-state index in [1.165, 1.54) is 5.56 Å². The SMILES string of the molecule is ClC1OCc2ccccc21. The molecule has 0 saturated carbocycles. The standard InChI is InChI=1S/C8H7ClO/c9-8-7-4-2-1-3-6(7)5-10-8/h1-4,8H,5H2. The normalized spacial score (nSPS) is 22.7. The number of hydrogen-bond acceptors (Lipinski definition) is 1. The van der Waals surface area contributed by atoms with Crippen LogP contribution in [-0.2, 0) is 11.3 Å². The molecule has 0 fully saturated rings. The first-order valence-corrected chi connectivity index (χ1v) is 3.65. The predicted octanol–water partition coefficient (Wildman–Crippen LogP) is 2.45. The molecule has 0 saturated heterocycles. The van der Waals surface area contributed by atoms with Gasteiger partial charge in [0, 0.05) is 5.56 Å². The van der Waals surface area contributed by atoms with Gasteiger partial charge in [-0.15, -0.1) is 0 Å². The van der Waals surface area contributed by atoms with Crippen molar-refractivity contribution < 1.29 is 4.74 Å². The topological polar surface area (TPSA) is 9.23 Å². The van der Waals surface area contributed by atoms with E-state index in [0.29, 0.717) is 6.61 Å². The van der Waals surface area contributed by atoms with Crippen molar-refractivity contribution in [1.29, 1.82) is 0 Å². The van der Waals surface area contributed by atoms with Gasteiger partial charge in [0.15, 0.2) is 5.56 Å². The molecule has 0 bridgehead atoms. The molecule has 1 heterocycles. The highest BCUT2D eigenvalue weighted by Gasteiger charge is 2.19. The molecule has 0 radical (unpaired) electrons. The summed E-state index contributed by atoms with van der Waals surface area (Å²) in [4.78, 5) is 0. The molecule has 1 atom stereocenters. The molecular weight excluding hydrogens is 148 g/mol. The van der Waals surface area contributed by atoms with Gasteiger partial charge in [0.1, 0.15) is 0 Å². The molecule has 1 unspecified atom stereocenters. The van der Waals surface area contributed by atoms with Crippen LogP contribution in [0.5, 0.6) is 0 Å². The molecule has 52 valence electrons. The number of hydrogen-bond donors (Lipinski definition) is 0. The highest BCUT2D eigenvalue weighted by molar-refractivity contribution is 6.20. The Labute approximate surface area is 64.6 Å². The summed E-state index contributed by atoms with van der Waals surface area (Å²) in [6.45, 7) is 0.657. The Morgan fingerprint density at radius 1 is 1.40 bits per heavy atom. The zero-order valence-electron chi connectivity index (χ0n) is 5.38. The van der Waals surface area contributed by atoms with E-state index in [9.17, 15) is 0 Å². The van der Waals surface area contributed by atoms with Crippen LogP contribution in [0.2, 0.25) is 0 Å².